The molecule has 0 bridgehead atoms. The standard InChI is InChI=1S/C27H23N3/c1-27(2,3)22-14-12-20(13-15-22)10-11-21-18-25(23-8-4-6-16-28-23)30-26(19-21)24-9-5-7-17-29-24/h4-9,12-19H,1-3H3. The highest BCUT2D eigenvalue weighted by Gasteiger charge is 2.12. The van der Waals surface area contributed by atoms with E-state index in [0.29, 0.717) is 0 Å². The Balaban J connectivity index is 1.74. The Labute approximate surface area is 177 Å². The number of pyridine rings is 3. The molecule has 0 N–H and O–H groups in total. The summed E-state index contributed by atoms with van der Waals surface area (Å²) in [5, 5.41) is 0. The van der Waals surface area contributed by atoms with E-state index in [1.807, 2.05) is 48.5 Å². The summed E-state index contributed by atoms with van der Waals surface area (Å²) in [4.78, 5) is 13.7. The highest BCUT2D eigenvalue weighted by molar-refractivity contribution is 5.65. The van der Waals surface area contributed by atoms with Crippen LogP contribution >= 0.6 is 0 Å². The zero-order valence-corrected chi connectivity index (χ0v) is 17.4. The molecule has 3 nitrogen and oxygen atoms in total. The monoisotopic (exact) mass is 389 g/mol. The van der Waals surface area contributed by atoms with E-state index in [1.165, 1.54) is 5.56 Å². The van der Waals surface area contributed by atoms with Gasteiger partial charge in [0.05, 0.1) is 22.8 Å². The third-order valence-electron chi connectivity index (χ3n) is 4.78. The minimum absolute atomic E-state index is 0.131. The molecule has 3 heteroatoms. The van der Waals surface area contributed by atoms with Crippen LogP contribution in [-0.4, -0.2) is 15.0 Å². The van der Waals surface area contributed by atoms with Gasteiger partial charge >= 0.3 is 0 Å². The summed E-state index contributed by atoms with van der Waals surface area (Å²) in [7, 11) is 0. The van der Waals surface area contributed by atoms with Crippen molar-refractivity contribution in [3.63, 3.8) is 0 Å². The zero-order chi connectivity index (χ0) is 21.0. The van der Waals surface area contributed by atoms with Crippen molar-refractivity contribution in [1.82, 2.24) is 15.0 Å². The van der Waals surface area contributed by atoms with Crippen molar-refractivity contribution in [3.8, 4) is 34.6 Å². The van der Waals surface area contributed by atoms with Crippen LogP contribution in [-0.2, 0) is 5.41 Å². The van der Waals surface area contributed by atoms with E-state index in [1.54, 1.807) is 12.4 Å². The van der Waals surface area contributed by atoms with E-state index >= 15 is 0 Å². The lowest BCUT2D eigenvalue weighted by Crippen LogP contribution is -2.10. The fourth-order valence-electron chi connectivity index (χ4n) is 3.09. The highest BCUT2D eigenvalue weighted by Crippen LogP contribution is 2.23. The van der Waals surface area contributed by atoms with Crippen LogP contribution in [0, 0.1) is 11.8 Å². The molecular weight excluding hydrogens is 366 g/mol. The molecule has 0 amide bonds. The van der Waals surface area contributed by atoms with Gasteiger partial charge in [-0.1, -0.05) is 56.9 Å². The van der Waals surface area contributed by atoms with Gasteiger partial charge in [-0.2, -0.15) is 0 Å². The van der Waals surface area contributed by atoms with Gasteiger partial charge in [0.15, 0.2) is 0 Å². The molecule has 0 aliphatic carbocycles. The maximum Gasteiger partial charge on any atom is 0.0906 e. The van der Waals surface area contributed by atoms with E-state index in [9.17, 15) is 0 Å². The third kappa shape index (κ3) is 4.61. The fourth-order valence-corrected chi connectivity index (χ4v) is 3.09. The van der Waals surface area contributed by atoms with Gasteiger partial charge in [0.2, 0.25) is 0 Å². The molecule has 0 atom stereocenters. The summed E-state index contributed by atoms with van der Waals surface area (Å²) >= 11 is 0. The summed E-state index contributed by atoms with van der Waals surface area (Å²) in [5.74, 6) is 6.57. The van der Waals surface area contributed by atoms with Crippen molar-refractivity contribution in [1.29, 1.82) is 0 Å². The second-order valence-electron chi connectivity index (χ2n) is 8.13. The quantitative estimate of drug-likeness (QED) is 0.401. The molecule has 0 aliphatic rings. The van der Waals surface area contributed by atoms with Crippen molar-refractivity contribution in [2.45, 2.75) is 26.2 Å². The number of hydrogen-bond acceptors (Lipinski definition) is 3. The van der Waals surface area contributed by atoms with Gasteiger partial charge in [0.1, 0.15) is 0 Å². The van der Waals surface area contributed by atoms with Gasteiger partial charge in [0.25, 0.3) is 0 Å². The minimum atomic E-state index is 0.131. The Hall–Kier alpha value is -3.77. The molecule has 0 saturated heterocycles. The first-order valence-electron chi connectivity index (χ1n) is 9.96. The van der Waals surface area contributed by atoms with E-state index in [4.69, 9.17) is 4.98 Å². The molecule has 3 heterocycles. The molecule has 4 rings (SSSR count). The molecule has 3 aromatic heterocycles. The predicted octanol–water partition coefficient (Wildman–Crippen LogP) is 5.90. The summed E-state index contributed by atoms with van der Waals surface area (Å²) in [5.41, 5.74) is 6.49. The van der Waals surface area contributed by atoms with Crippen LogP contribution in [0.1, 0.15) is 37.5 Å². The second kappa shape index (κ2) is 8.31. The van der Waals surface area contributed by atoms with Gasteiger partial charge in [-0.15, -0.1) is 0 Å². The number of hydrogen-bond donors (Lipinski definition) is 0. The fraction of sp³-hybridized carbons (Fsp3) is 0.148. The van der Waals surface area contributed by atoms with Gasteiger partial charge in [-0.05, 0) is 59.5 Å². The van der Waals surface area contributed by atoms with E-state index in [2.05, 4.69) is 66.8 Å². The lowest BCUT2D eigenvalue weighted by atomic mass is 9.87. The smallest absolute Gasteiger partial charge is 0.0906 e. The van der Waals surface area contributed by atoms with E-state index < -0.39 is 0 Å². The van der Waals surface area contributed by atoms with E-state index in [0.717, 1.165) is 33.9 Å². The van der Waals surface area contributed by atoms with Crippen molar-refractivity contribution in [3.05, 3.63) is 102 Å². The molecule has 30 heavy (non-hydrogen) atoms. The molecule has 0 spiro atoms. The minimum Gasteiger partial charge on any atom is -0.255 e. The first-order valence-corrected chi connectivity index (χ1v) is 9.96. The lowest BCUT2D eigenvalue weighted by molar-refractivity contribution is 0.590. The topological polar surface area (TPSA) is 38.7 Å². The first kappa shape index (κ1) is 19.5. The van der Waals surface area contributed by atoms with Crippen LogP contribution in [0.25, 0.3) is 22.8 Å². The van der Waals surface area contributed by atoms with Gasteiger partial charge < -0.3 is 0 Å². The van der Waals surface area contributed by atoms with Crippen LogP contribution in [0.3, 0.4) is 0 Å². The summed E-state index contributed by atoms with van der Waals surface area (Å²) in [6, 6.07) is 24.0. The Morgan fingerprint density at radius 2 is 1.13 bits per heavy atom. The summed E-state index contributed by atoms with van der Waals surface area (Å²) < 4.78 is 0. The highest BCUT2D eigenvalue weighted by atomic mass is 14.8. The molecule has 146 valence electrons. The number of aromatic nitrogens is 3. The maximum absolute atomic E-state index is 4.77. The molecule has 0 unspecified atom stereocenters. The lowest BCUT2D eigenvalue weighted by Gasteiger charge is -2.18. The Bertz CT molecular complexity index is 1140. The maximum atomic E-state index is 4.77. The normalized spacial score (nSPS) is 10.9. The first-order chi connectivity index (χ1) is 14.5. The average Bonchev–Trinajstić information content (AvgIpc) is 2.78. The third-order valence-corrected chi connectivity index (χ3v) is 4.78. The van der Waals surface area contributed by atoms with Gasteiger partial charge in [0, 0.05) is 23.5 Å². The van der Waals surface area contributed by atoms with Crippen LogP contribution in [0.2, 0.25) is 0 Å². The SMILES string of the molecule is CC(C)(C)c1ccc(C#Cc2cc(-c3ccccn3)nc(-c3ccccn3)c2)cc1. The number of rotatable bonds is 2. The number of nitrogens with zero attached hydrogens (tertiary/aromatic N) is 3. The van der Waals surface area contributed by atoms with Gasteiger partial charge in [-0.25, -0.2) is 4.98 Å². The van der Waals surface area contributed by atoms with Crippen molar-refractivity contribution >= 4 is 0 Å². The number of benzene rings is 1. The molecule has 0 aliphatic heterocycles. The molecule has 0 radical (unpaired) electrons. The molecule has 0 saturated carbocycles. The molecule has 1 aromatic carbocycles. The summed E-state index contributed by atoms with van der Waals surface area (Å²) in [6.45, 7) is 6.63. The van der Waals surface area contributed by atoms with Crippen molar-refractivity contribution in [2.75, 3.05) is 0 Å². The van der Waals surface area contributed by atoms with Crippen LogP contribution in [0.5, 0.6) is 0 Å². The largest absolute Gasteiger partial charge is 0.255 e. The van der Waals surface area contributed by atoms with Crippen LogP contribution in [0.15, 0.2) is 85.2 Å². The van der Waals surface area contributed by atoms with Crippen molar-refractivity contribution in [2.24, 2.45) is 0 Å². The van der Waals surface area contributed by atoms with E-state index in [-0.39, 0.29) is 5.41 Å². The average molecular weight is 390 g/mol. The van der Waals surface area contributed by atoms with Gasteiger partial charge in [-0.3, -0.25) is 9.97 Å². The van der Waals surface area contributed by atoms with Crippen LogP contribution in [0.4, 0.5) is 0 Å². The second-order valence-corrected chi connectivity index (χ2v) is 8.13. The Morgan fingerprint density at radius 3 is 1.60 bits per heavy atom. The molecular formula is C27H23N3. The Morgan fingerprint density at radius 1 is 0.600 bits per heavy atom. The Kier molecular flexibility index (Phi) is 5.41. The van der Waals surface area contributed by atoms with Crippen molar-refractivity contribution < 1.29 is 0 Å². The molecule has 0 fully saturated rings. The predicted molar refractivity (Wildman–Crippen MR) is 122 cm³/mol. The summed E-state index contributed by atoms with van der Waals surface area (Å²) in [6.07, 6.45) is 3.54. The zero-order valence-electron chi connectivity index (χ0n) is 17.4. The molecule has 4 aromatic rings. The van der Waals surface area contributed by atoms with Crippen LogP contribution < -0.4 is 0 Å².